The van der Waals surface area contributed by atoms with Crippen molar-refractivity contribution in [1.29, 1.82) is 0 Å². The van der Waals surface area contributed by atoms with Crippen molar-refractivity contribution in [3.05, 3.63) is 70.1 Å². The fourth-order valence-corrected chi connectivity index (χ4v) is 3.63. The molecule has 0 saturated heterocycles. The van der Waals surface area contributed by atoms with Gasteiger partial charge in [-0.25, -0.2) is 14.2 Å². The van der Waals surface area contributed by atoms with Crippen LogP contribution < -0.4 is 9.47 Å². The summed E-state index contributed by atoms with van der Waals surface area (Å²) < 4.78 is 28.5. The Kier molecular flexibility index (Phi) is 6.23. The summed E-state index contributed by atoms with van der Waals surface area (Å²) in [7, 11) is 4.29. The van der Waals surface area contributed by atoms with Crippen LogP contribution in [0.1, 0.15) is 5.56 Å². The van der Waals surface area contributed by atoms with Crippen molar-refractivity contribution in [2.45, 2.75) is 0 Å². The molecule has 2 aromatic carbocycles. The number of carbonyl (C=O) groups is 1. The fourth-order valence-electron chi connectivity index (χ4n) is 2.60. The minimum absolute atomic E-state index is 0.0550. The summed E-state index contributed by atoms with van der Waals surface area (Å²) in [5.41, 5.74) is 1.06. The van der Waals surface area contributed by atoms with E-state index >= 15 is 0 Å². The number of methoxy groups -OCH3 is 3. The summed E-state index contributed by atoms with van der Waals surface area (Å²) in [6.45, 7) is 0. The number of aliphatic hydroxyl groups excluding tert-OH is 1. The molecule has 150 valence electrons. The monoisotopic (exact) mass is 415 g/mol. The van der Waals surface area contributed by atoms with E-state index in [0.29, 0.717) is 27.7 Å². The number of hydrogen-bond acceptors (Lipinski definition) is 7. The number of halogens is 1. The minimum atomic E-state index is -0.721. The molecule has 0 amide bonds. The molecule has 6 nitrogen and oxygen atoms in total. The normalized spacial score (nSPS) is 16.4. The van der Waals surface area contributed by atoms with Gasteiger partial charge in [0.05, 0.1) is 31.9 Å². The van der Waals surface area contributed by atoms with Gasteiger partial charge in [-0.2, -0.15) is 0 Å². The average molecular weight is 415 g/mol. The van der Waals surface area contributed by atoms with Gasteiger partial charge in [-0.1, -0.05) is 11.8 Å². The highest BCUT2D eigenvalue weighted by atomic mass is 32.2. The zero-order chi connectivity index (χ0) is 21.0. The highest BCUT2D eigenvalue weighted by Crippen LogP contribution is 2.41. The zero-order valence-electron chi connectivity index (χ0n) is 15.9. The van der Waals surface area contributed by atoms with Gasteiger partial charge < -0.3 is 19.3 Å². The molecule has 1 aliphatic rings. The Morgan fingerprint density at radius 1 is 1.10 bits per heavy atom. The molecule has 2 aromatic rings. The molecular formula is C21H18FNO5S. The molecule has 3 rings (SSSR count). The minimum Gasteiger partial charge on any atom is -0.506 e. The topological polar surface area (TPSA) is 77.4 Å². The van der Waals surface area contributed by atoms with Crippen molar-refractivity contribution in [1.82, 2.24) is 0 Å². The van der Waals surface area contributed by atoms with Gasteiger partial charge in [-0.15, -0.1) is 0 Å². The molecule has 29 heavy (non-hydrogen) atoms. The number of aliphatic hydroxyl groups is 1. The number of esters is 1. The predicted octanol–water partition coefficient (Wildman–Crippen LogP) is 4.65. The number of thioether (sulfide) groups is 1. The standard InChI is InChI=1S/C21H18FNO5S/c1-26-15-9-4-12(16(11-15)27-2)10-17-19(24)18(21(25)28-3)20(29-17)23-14-7-5-13(22)6-8-14/h4-11,24H,1-3H3. The number of ether oxygens (including phenoxy) is 3. The van der Waals surface area contributed by atoms with E-state index < -0.39 is 11.8 Å². The van der Waals surface area contributed by atoms with Crippen LogP contribution in [0.15, 0.2) is 63.7 Å². The van der Waals surface area contributed by atoms with Crippen LogP contribution in [0.3, 0.4) is 0 Å². The summed E-state index contributed by atoms with van der Waals surface area (Å²) in [5.74, 6) is -0.209. The van der Waals surface area contributed by atoms with Gasteiger partial charge in [0.2, 0.25) is 0 Å². The maximum Gasteiger partial charge on any atom is 0.344 e. The van der Waals surface area contributed by atoms with Gasteiger partial charge in [0, 0.05) is 11.6 Å². The largest absolute Gasteiger partial charge is 0.506 e. The lowest BCUT2D eigenvalue weighted by molar-refractivity contribution is -0.135. The lowest BCUT2D eigenvalue weighted by Gasteiger charge is -2.08. The summed E-state index contributed by atoms with van der Waals surface area (Å²) in [4.78, 5) is 17.0. The van der Waals surface area contributed by atoms with Crippen molar-refractivity contribution < 1.29 is 28.5 Å². The van der Waals surface area contributed by atoms with Gasteiger partial charge in [-0.05, 0) is 42.5 Å². The molecule has 0 unspecified atom stereocenters. The Bertz CT molecular complexity index is 1030. The highest BCUT2D eigenvalue weighted by molar-refractivity contribution is 8.18. The molecule has 0 atom stereocenters. The maximum absolute atomic E-state index is 13.1. The molecule has 0 saturated carbocycles. The van der Waals surface area contributed by atoms with E-state index in [0.717, 1.165) is 11.8 Å². The number of hydrogen-bond donors (Lipinski definition) is 1. The van der Waals surface area contributed by atoms with Crippen LogP contribution in [-0.2, 0) is 9.53 Å². The van der Waals surface area contributed by atoms with Crippen LogP contribution in [0.25, 0.3) is 6.08 Å². The van der Waals surface area contributed by atoms with Crippen LogP contribution >= 0.6 is 11.8 Å². The van der Waals surface area contributed by atoms with E-state index in [2.05, 4.69) is 4.99 Å². The van der Waals surface area contributed by atoms with Gasteiger partial charge in [0.1, 0.15) is 33.7 Å². The Hall–Kier alpha value is -3.26. The maximum atomic E-state index is 13.1. The quantitative estimate of drug-likeness (QED) is 0.717. The molecule has 1 N–H and O–H groups in total. The first kappa shape index (κ1) is 20.5. The number of nitrogens with zero attached hydrogens (tertiary/aromatic N) is 1. The Labute approximate surface area is 171 Å². The van der Waals surface area contributed by atoms with Crippen molar-refractivity contribution in [2.24, 2.45) is 4.99 Å². The summed E-state index contributed by atoms with van der Waals surface area (Å²) in [6, 6.07) is 10.7. The third-order valence-corrected chi connectivity index (χ3v) is 5.08. The molecule has 8 heteroatoms. The molecule has 0 fully saturated rings. The van der Waals surface area contributed by atoms with E-state index in [1.54, 1.807) is 31.4 Å². The Balaban J connectivity index is 2.05. The van der Waals surface area contributed by atoms with Crippen LogP contribution in [0.2, 0.25) is 0 Å². The van der Waals surface area contributed by atoms with Crippen molar-refractivity contribution in [3.8, 4) is 11.5 Å². The third-order valence-electron chi connectivity index (χ3n) is 4.06. The number of aliphatic imine (C=N–C) groups is 1. The smallest absolute Gasteiger partial charge is 0.344 e. The van der Waals surface area contributed by atoms with Gasteiger partial charge in [0.15, 0.2) is 0 Å². The average Bonchev–Trinajstić information content (AvgIpc) is 3.04. The summed E-state index contributed by atoms with van der Waals surface area (Å²) in [5, 5.41) is 10.9. The Morgan fingerprint density at radius 2 is 1.83 bits per heavy atom. The van der Waals surface area contributed by atoms with Gasteiger partial charge in [0.25, 0.3) is 0 Å². The highest BCUT2D eigenvalue weighted by Gasteiger charge is 2.33. The molecule has 0 aromatic heterocycles. The van der Waals surface area contributed by atoms with Crippen LogP contribution in [-0.4, -0.2) is 37.4 Å². The summed E-state index contributed by atoms with van der Waals surface area (Å²) >= 11 is 1.10. The number of rotatable bonds is 5. The van der Waals surface area contributed by atoms with E-state index in [1.165, 1.54) is 38.5 Å². The molecule has 0 spiro atoms. The van der Waals surface area contributed by atoms with Crippen molar-refractivity contribution in [2.75, 3.05) is 21.3 Å². The van der Waals surface area contributed by atoms with Crippen LogP contribution in [0.4, 0.5) is 10.1 Å². The van der Waals surface area contributed by atoms with Gasteiger partial charge >= 0.3 is 5.97 Å². The van der Waals surface area contributed by atoms with E-state index in [-0.39, 0.29) is 16.4 Å². The SMILES string of the molecule is COC(=O)C1=C(O)C(=Cc2ccc(OC)cc2OC)SC1=Nc1ccc(F)cc1. The van der Waals surface area contributed by atoms with Crippen molar-refractivity contribution >= 4 is 34.5 Å². The van der Waals surface area contributed by atoms with Crippen LogP contribution in [0, 0.1) is 5.82 Å². The lowest BCUT2D eigenvalue weighted by atomic mass is 10.1. The molecule has 0 radical (unpaired) electrons. The molecule has 1 heterocycles. The molecule has 1 aliphatic heterocycles. The first-order chi connectivity index (χ1) is 14.0. The molecular weight excluding hydrogens is 397 g/mol. The number of carbonyl (C=O) groups excluding carboxylic acids is 1. The summed E-state index contributed by atoms with van der Waals surface area (Å²) in [6.07, 6.45) is 1.67. The number of benzene rings is 2. The first-order valence-corrected chi connectivity index (χ1v) is 9.26. The van der Waals surface area contributed by atoms with E-state index in [9.17, 15) is 14.3 Å². The first-order valence-electron chi connectivity index (χ1n) is 8.45. The fraction of sp³-hybridized carbons (Fsp3) is 0.143. The Morgan fingerprint density at radius 3 is 2.45 bits per heavy atom. The molecule has 0 aliphatic carbocycles. The second-order valence-electron chi connectivity index (χ2n) is 5.83. The van der Waals surface area contributed by atoms with Crippen LogP contribution in [0.5, 0.6) is 11.5 Å². The third kappa shape index (κ3) is 4.43. The van der Waals surface area contributed by atoms with Gasteiger partial charge in [-0.3, -0.25) is 0 Å². The lowest BCUT2D eigenvalue weighted by Crippen LogP contribution is -2.10. The second kappa shape index (κ2) is 8.83. The second-order valence-corrected chi connectivity index (χ2v) is 6.86. The predicted molar refractivity (Wildman–Crippen MR) is 110 cm³/mol. The molecule has 0 bridgehead atoms. The van der Waals surface area contributed by atoms with E-state index in [4.69, 9.17) is 14.2 Å². The van der Waals surface area contributed by atoms with Crippen molar-refractivity contribution in [3.63, 3.8) is 0 Å². The zero-order valence-corrected chi connectivity index (χ0v) is 16.7. The van der Waals surface area contributed by atoms with E-state index in [1.807, 2.05) is 0 Å².